The van der Waals surface area contributed by atoms with Crippen LogP contribution >= 0.6 is 0 Å². The van der Waals surface area contributed by atoms with Gasteiger partial charge in [0.15, 0.2) is 5.82 Å². The normalized spacial score (nSPS) is 9.64. The Balaban J connectivity index is 3.03. The topological polar surface area (TPSA) is 49.0 Å². The zero-order valence-electron chi connectivity index (χ0n) is 6.66. The molecule has 0 aliphatic carbocycles. The molecule has 0 fully saturated rings. The Kier molecular flexibility index (Phi) is 2.25. The molecule has 11 heavy (non-hydrogen) atoms. The Morgan fingerprint density at radius 2 is 2.45 bits per heavy atom. The largest absolute Gasteiger partial charge is 0.355 e. The zero-order chi connectivity index (χ0) is 8.27. The highest BCUT2D eigenvalue weighted by molar-refractivity contribution is 5.32. The summed E-state index contributed by atoms with van der Waals surface area (Å²) in [5.74, 6) is 0.468. The van der Waals surface area contributed by atoms with Crippen LogP contribution in [-0.4, -0.2) is 23.6 Å². The first-order chi connectivity index (χ1) is 5.25. The summed E-state index contributed by atoms with van der Waals surface area (Å²) in [4.78, 5) is 19.3. The average molecular weight is 153 g/mol. The minimum absolute atomic E-state index is 0.142. The number of hydrogen-bond donors (Lipinski definition) is 1. The molecule has 4 nitrogen and oxygen atoms in total. The van der Waals surface area contributed by atoms with Gasteiger partial charge in [0.05, 0.1) is 0 Å². The number of rotatable bonds is 2. The van der Waals surface area contributed by atoms with Gasteiger partial charge in [-0.2, -0.15) is 0 Å². The van der Waals surface area contributed by atoms with Gasteiger partial charge in [0, 0.05) is 26.0 Å². The quantitative estimate of drug-likeness (QED) is 0.661. The SMILES string of the molecule is CCN(C)c1ncc[nH]c1=O. The molecule has 60 valence electrons. The van der Waals surface area contributed by atoms with Gasteiger partial charge in [-0.1, -0.05) is 0 Å². The summed E-state index contributed by atoms with van der Waals surface area (Å²) in [5.41, 5.74) is -0.142. The van der Waals surface area contributed by atoms with Gasteiger partial charge in [0.2, 0.25) is 0 Å². The summed E-state index contributed by atoms with van der Waals surface area (Å²) in [7, 11) is 1.83. The molecule has 1 rings (SSSR count). The van der Waals surface area contributed by atoms with Crippen molar-refractivity contribution >= 4 is 5.82 Å². The van der Waals surface area contributed by atoms with E-state index in [0.29, 0.717) is 5.82 Å². The van der Waals surface area contributed by atoms with Gasteiger partial charge in [0.25, 0.3) is 5.56 Å². The molecule has 0 atom stereocenters. The summed E-state index contributed by atoms with van der Waals surface area (Å²) in [6.07, 6.45) is 3.10. The van der Waals surface area contributed by atoms with Crippen LogP contribution in [-0.2, 0) is 0 Å². The van der Waals surface area contributed by atoms with Crippen LogP contribution in [0.4, 0.5) is 5.82 Å². The summed E-state index contributed by atoms with van der Waals surface area (Å²) < 4.78 is 0. The average Bonchev–Trinajstić information content (AvgIpc) is 2.04. The second kappa shape index (κ2) is 3.18. The molecule has 0 amide bonds. The molecule has 1 N–H and O–H groups in total. The molecule has 1 heterocycles. The van der Waals surface area contributed by atoms with E-state index in [2.05, 4.69) is 9.97 Å². The number of aromatic amines is 1. The molecule has 4 heteroatoms. The number of nitrogens with one attached hydrogen (secondary N) is 1. The fourth-order valence-corrected chi connectivity index (χ4v) is 0.766. The number of hydrogen-bond acceptors (Lipinski definition) is 3. The van der Waals surface area contributed by atoms with Crippen molar-refractivity contribution in [3.05, 3.63) is 22.7 Å². The molecule has 1 aromatic heterocycles. The van der Waals surface area contributed by atoms with Crippen molar-refractivity contribution in [2.75, 3.05) is 18.5 Å². The third-order valence-corrected chi connectivity index (χ3v) is 1.52. The van der Waals surface area contributed by atoms with Crippen LogP contribution in [0.25, 0.3) is 0 Å². The summed E-state index contributed by atoms with van der Waals surface area (Å²) in [6.45, 7) is 2.74. The van der Waals surface area contributed by atoms with Crippen molar-refractivity contribution in [3.63, 3.8) is 0 Å². The van der Waals surface area contributed by atoms with Crippen LogP contribution < -0.4 is 10.5 Å². The van der Waals surface area contributed by atoms with Gasteiger partial charge in [-0.15, -0.1) is 0 Å². The van der Waals surface area contributed by atoms with Crippen LogP contribution in [0, 0.1) is 0 Å². The smallest absolute Gasteiger partial charge is 0.290 e. The van der Waals surface area contributed by atoms with Crippen molar-refractivity contribution < 1.29 is 0 Å². The molecular weight excluding hydrogens is 142 g/mol. The van der Waals surface area contributed by atoms with Gasteiger partial charge in [-0.05, 0) is 6.92 Å². The Bertz CT molecular complexity index is 281. The fourth-order valence-electron chi connectivity index (χ4n) is 0.766. The van der Waals surface area contributed by atoms with Crippen molar-refractivity contribution in [1.29, 1.82) is 0 Å². The lowest BCUT2D eigenvalue weighted by molar-refractivity contribution is 0.914. The number of anilines is 1. The van der Waals surface area contributed by atoms with Gasteiger partial charge in [-0.25, -0.2) is 4.98 Å². The summed E-state index contributed by atoms with van der Waals surface area (Å²) in [6, 6.07) is 0. The Morgan fingerprint density at radius 1 is 1.73 bits per heavy atom. The van der Waals surface area contributed by atoms with Crippen molar-refractivity contribution in [2.24, 2.45) is 0 Å². The van der Waals surface area contributed by atoms with Crippen molar-refractivity contribution in [2.45, 2.75) is 6.92 Å². The first-order valence-electron chi connectivity index (χ1n) is 3.50. The molecule has 0 bridgehead atoms. The van der Waals surface area contributed by atoms with E-state index in [1.54, 1.807) is 11.1 Å². The molecule has 0 aromatic carbocycles. The molecule has 0 aliphatic heterocycles. The lowest BCUT2D eigenvalue weighted by Crippen LogP contribution is -2.25. The van der Waals surface area contributed by atoms with E-state index in [1.807, 2.05) is 14.0 Å². The first-order valence-corrected chi connectivity index (χ1v) is 3.50. The van der Waals surface area contributed by atoms with Gasteiger partial charge < -0.3 is 9.88 Å². The standard InChI is InChI=1S/C7H11N3O/c1-3-10(2)6-7(11)9-5-4-8-6/h4-5H,3H2,1-2H3,(H,9,11). The maximum absolute atomic E-state index is 11.1. The molecule has 1 aromatic rings. The highest BCUT2D eigenvalue weighted by Crippen LogP contribution is 1.96. The highest BCUT2D eigenvalue weighted by Gasteiger charge is 2.02. The predicted octanol–water partition coefficient (Wildman–Crippen LogP) is 0.226. The highest BCUT2D eigenvalue weighted by atomic mass is 16.1. The Hall–Kier alpha value is -1.32. The number of H-pyrrole nitrogens is 1. The molecule has 0 spiro atoms. The fraction of sp³-hybridized carbons (Fsp3) is 0.429. The van der Waals surface area contributed by atoms with E-state index in [0.717, 1.165) is 6.54 Å². The van der Waals surface area contributed by atoms with E-state index in [-0.39, 0.29) is 5.56 Å². The van der Waals surface area contributed by atoms with E-state index in [4.69, 9.17) is 0 Å². The lowest BCUT2D eigenvalue weighted by Gasteiger charge is -2.12. The molecule has 0 saturated heterocycles. The van der Waals surface area contributed by atoms with Crippen molar-refractivity contribution in [1.82, 2.24) is 9.97 Å². The van der Waals surface area contributed by atoms with Crippen LogP contribution in [0.5, 0.6) is 0 Å². The zero-order valence-corrected chi connectivity index (χ0v) is 6.66. The lowest BCUT2D eigenvalue weighted by atomic mass is 10.5. The Morgan fingerprint density at radius 3 is 3.00 bits per heavy atom. The van der Waals surface area contributed by atoms with Gasteiger partial charge in [-0.3, -0.25) is 4.79 Å². The van der Waals surface area contributed by atoms with Gasteiger partial charge in [0.1, 0.15) is 0 Å². The maximum Gasteiger partial charge on any atom is 0.290 e. The predicted molar refractivity (Wildman–Crippen MR) is 43.8 cm³/mol. The second-order valence-electron chi connectivity index (χ2n) is 2.26. The molecular formula is C7H11N3O. The minimum atomic E-state index is -0.142. The monoisotopic (exact) mass is 153 g/mol. The number of aromatic nitrogens is 2. The van der Waals surface area contributed by atoms with Crippen molar-refractivity contribution in [3.8, 4) is 0 Å². The maximum atomic E-state index is 11.1. The molecule has 0 saturated carbocycles. The van der Waals surface area contributed by atoms with Gasteiger partial charge >= 0.3 is 0 Å². The summed E-state index contributed by atoms with van der Waals surface area (Å²) >= 11 is 0. The van der Waals surface area contributed by atoms with Crippen LogP contribution in [0.2, 0.25) is 0 Å². The second-order valence-corrected chi connectivity index (χ2v) is 2.26. The third kappa shape index (κ3) is 1.58. The van der Waals surface area contributed by atoms with Crippen LogP contribution in [0.15, 0.2) is 17.2 Å². The van der Waals surface area contributed by atoms with Crippen LogP contribution in [0.3, 0.4) is 0 Å². The minimum Gasteiger partial charge on any atom is -0.355 e. The first kappa shape index (κ1) is 7.78. The Labute approximate surface area is 64.9 Å². The molecule has 0 radical (unpaired) electrons. The van der Waals surface area contributed by atoms with Crippen LogP contribution in [0.1, 0.15) is 6.92 Å². The van der Waals surface area contributed by atoms with E-state index in [1.165, 1.54) is 6.20 Å². The molecule has 0 unspecified atom stereocenters. The summed E-state index contributed by atoms with van der Waals surface area (Å²) in [5, 5.41) is 0. The molecule has 0 aliphatic rings. The number of nitrogens with zero attached hydrogens (tertiary/aromatic N) is 2. The van der Waals surface area contributed by atoms with E-state index < -0.39 is 0 Å². The third-order valence-electron chi connectivity index (χ3n) is 1.52. The van der Waals surface area contributed by atoms with E-state index >= 15 is 0 Å². The van der Waals surface area contributed by atoms with E-state index in [9.17, 15) is 4.79 Å².